The summed E-state index contributed by atoms with van der Waals surface area (Å²) in [5, 5.41) is 9.13. The van der Waals surface area contributed by atoms with Gasteiger partial charge in [0.15, 0.2) is 0 Å². The molecule has 0 saturated heterocycles. The number of benzene rings is 1. The molecule has 1 aromatic rings. The van der Waals surface area contributed by atoms with Gasteiger partial charge in [-0.05, 0) is 30.2 Å². The number of carboxylic acids is 1. The zero-order valence-corrected chi connectivity index (χ0v) is 8.23. The van der Waals surface area contributed by atoms with E-state index in [1.54, 1.807) is 6.07 Å². The normalized spacial score (nSPS) is 19.9. The highest BCUT2D eigenvalue weighted by Gasteiger charge is 2.27. The molecule has 1 atom stereocenters. The molecule has 2 rings (SSSR count). The van der Waals surface area contributed by atoms with Crippen LogP contribution in [0.4, 0.5) is 0 Å². The summed E-state index contributed by atoms with van der Waals surface area (Å²) in [6, 6.07) is 5.51. The monoisotopic (exact) mass is 214 g/mol. The van der Waals surface area contributed by atoms with Crippen molar-refractivity contribution in [2.24, 2.45) is 0 Å². The van der Waals surface area contributed by atoms with Crippen LogP contribution in [0.25, 0.3) is 0 Å². The molecule has 0 amide bonds. The SMILES string of the molecule is O=C(O)C1Cc2cc(Cl)ccc2S1. The first-order chi connectivity index (χ1) is 6.16. The molecule has 1 aliphatic heterocycles. The first-order valence-corrected chi connectivity index (χ1v) is 5.10. The van der Waals surface area contributed by atoms with E-state index in [-0.39, 0.29) is 5.25 Å². The zero-order chi connectivity index (χ0) is 9.42. The van der Waals surface area contributed by atoms with E-state index >= 15 is 0 Å². The summed E-state index contributed by atoms with van der Waals surface area (Å²) in [7, 11) is 0. The molecule has 0 aromatic heterocycles. The summed E-state index contributed by atoms with van der Waals surface area (Å²) < 4.78 is 0. The molecule has 0 saturated carbocycles. The van der Waals surface area contributed by atoms with E-state index in [4.69, 9.17) is 16.7 Å². The summed E-state index contributed by atoms with van der Waals surface area (Å²) in [6.45, 7) is 0. The molecule has 2 nitrogen and oxygen atoms in total. The maximum absolute atomic E-state index is 10.7. The molecule has 1 unspecified atom stereocenters. The van der Waals surface area contributed by atoms with E-state index in [1.807, 2.05) is 12.1 Å². The maximum atomic E-state index is 10.7. The minimum Gasteiger partial charge on any atom is -0.480 e. The smallest absolute Gasteiger partial charge is 0.317 e. The van der Waals surface area contributed by atoms with Gasteiger partial charge in [0, 0.05) is 9.92 Å². The van der Waals surface area contributed by atoms with Crippen LogP contribution in [-0.4, -0.2) is 16.3 Å². The third-order valence-corrected chi connectivity index (χ3v) is 3.51. The van der Waals surface area contributed by atoms with Crippen LogP contribution in [-0.2, 0) is 11.2 Å². The van der Waals surface area contributed by atoms with E-state index < -0.39 is 5.97 Å². The van der Waals surface area contributed by atoms with Gasteiger partial charge in [0.05, 0.1) is 0 Å². The summed E-state index contributed by atoms with van der Waals surface area (Å²) in [6.07, 6.45) is 0.579. The lowest BCUT2D eigenvalue weighted by Crippen LogP contribution is -2.14. The van der Waals surface area contributed by atoms with Crippen LogP contribution in [0.1, 0.15) is 5.56 Å². The third-order valence-electron chi connectivity index (χ3n) is 1.97. The third kappa shape index (κ3) is 1.67. The number of carbonyl (C=O) groups is 1. The Labute approximate surface area is 84.9 Å². The second kappa shape index (κ2) is 3.24. The Hall–Kier alpha value is -0.670. The number of hydrogen-bond acceptors (Lipinski definition) is 2. The minimum atomic E-state index is -0.752. The van der Waals surface area contributed by atoms with Gasteiger partial charge in [0.2, 0.25) is 0 Å². The second-order valence-electron chi connectivity index (χ2n) is 2.90. The molecule has 13 heavy (non-hydrogen) atoms. The molecule has 0 aliphatic carbocycles. The Morgan fingerprint density at radius 1 is 1.62 bits per heavy atom. The highest BCUT2D eigenvalue weighted by molar-refractivity contribution is 8.01. The van der Waals surface area contributed by atoms with Gasteiger partial charge in [-0.15, -0.1) is 11.8 Å². The number of halogens is 1. The Morgan fingerprint density at radius 3 is 3.08 bits per heavy atom. The Balaban J connectivity index is 2.30. The lowest BCUT2D eigenvalue weighted by Gasteiger charge is -1.97. The van der Waals surface area contributed by atoms with Crippen molar-refractivity contribution in [2.75, 3.05) is 0 Å². The lowest BCUT2D eigenvalue weighted by atomic mass is 10.1. The fraction of sp³-hybridized carbons (Fsp3) is 0.222. The molecular weight excluding hydrogens is 208 g/mol. The molecule has 1 N–H and O–H groups in total. The highest BCUT2D eigenvalue weighted by Crippen LogP contribution is 2.38. The van der Waals surface area contributed by atoms with Crippen LogP contribution in [0.15, 0.2) is 23.1 Å². The van der Waals surface area contributed by atoms with Gasteiger partial charge in [-0.3, -0.25) is 4.79 Å². The van der Waals surface area contributed by atoms with Crippen LogP contribution in [0.2, 0.25) is 5.02 Å². The zero-order valence-electron chi connectivity index (χ0n) is 6.66. The van der Waals surface area contributed by atoms with Crippen LogP contribution in [0, 0.1) is 0 Å². The van der Waals surface area contributed by atoms with E-state index in [1.165, 1.54) is 11.8 Å². The summed E-state index contributed by atoms with van der Waals surface area (Å²) in [5.74, 6) is -0.752. The number of aliphatic carboxylic acids is 1. The summed E-state index contributed by atoms with van der Waals surface area (Å²) in [5.41, 5.74) is 1.05. The quantitative estimate of drug-likeness (QED) is 0.780. The standard InChI is InChI=1S/C9H7ClO2S/c10-6-1-2-7-5(3-6)4-8(13-7)9(11)12/h1-3,8H,4H2,(H,11,12). The lowest BCUT2D eigenvalue weighted by molar-refractivity contribution is -0.136. The molecule has 1 aromatic carbocycles. The van der Waals surface area contributed by atoms with Crippen molar-refractivity contribution < 1.29 is 9.90 Å². The van der Waals surface area contributed by atoms with Crippen molar-refractivity contribution in [3.05, 3.63) is 28.8 Å². The van der Waals surface area contributed by atoms with Crippen molar-refractivity contribution in [3.63, 3.8) is 0 Å². The van der Waals surface area contributed by atoms with E-state index in [9.17, 15) is 4.79 Å². The first-order valence-electron chi connectivity index (χ1n) is 3.85. The Kier molecular flexibility index (Phi) is 2.22. The molecule has 1 aliphatic rings. The Morgan fingerprint density at radius 2 is 2.38 bits per heavy atom. The van der Waals surface area contributed by atoms with Gasteiger partial charge in [0.1, 0.15) is 5.25 Å². The average molecular weight is 215 g/mol. The van der Waals surface area contributed by atoms with Crippen LogP contribution in [0.3, 0.4) is 0 Å². The predicted molar refractivity (Wildman–Crippen MR) is 52.4 cm³/mol. The number of thioether (sulfide) groups is 1. The molecule has 0 radical (unpaired) electrons. The molecule has 68 valence electrons. The topological polar surface area (TPSA) is 37.3 Å². The van der Waals surface area contributed by atoms with Crippen molar-refractivity contribution in [1.82, 2.24) is 0 Å². The fourth-order valence-electron chi connectivity index (χ4n) is 1.35. The molecule has 0 spiro atoms. The van der Waals surface area contributed by atoms with Gasteiger partial charge in [-0.2, -0.15) is 0 Å². The fourth-order valence-corrected chi connectivity index (χ4v) is 2.66. The number of hydrogen-bond donors (Lipinski definition) is 1. The van der Waals surface area contributed by atoms with Crippen molar-refractivity contribution >= 4 is 29.3 Å². The highest BCUT2D eigenvalue weighted by atomic mass is 35.5. The summed E-state index contributed by atoms with van der Waals surface area (Å²) in [4.78, 5) is 11.7. The van der Waals surface area contributed by atoms with Crippen LogP contribution in [0.5, 0.6) is 0 Å². The van der Waals surface area contributed by atoms with Gasteiger partial charge in [-0.1, -0.05) is 11.6 Å². The first kappa shape index (κ1) is 8.91. The molecule has 0 fully saturated rings. The van der Waals surface area contributed by atoms with Gasteiger partial charge in [-0.25, -0.2) is 0 Å². The number of rotatable bonds is 1. The predicted octanol–water partition coefficient (Wildman–Crippen LogP) is 2.44. The van der Waals surface area contributed by atoms with Gasteiger partial charge in [0.25, 0.3) is 0 Å². The minimum absolute atomic E-state index is 0.339. The number of fused-ring (bicyclic) bond motifs is 1. The van der Waals surface area contributed by atoms with Gasteiger partial charge < -0.3 is 5.11 Å². The maximum Gasteiger partial charge on any atom is 0.317 e. The van der Waals surface area contributed by atoms with E-state index in [2.05, 4.69) is 0 Å². The average Bonchev–Trinajstić information content (AvgIpc) is 2.46. The summed E-state index contributed by atoms with van der Waals surface area (Å²) >= 11 is 7.19. The van der Waals surface area contributed by atoms with Crippen molar-refractivity contribution in [3.8, 4) is 0 Å². The van der Waals surface area contributed by atoms with Crippen LogP contribution < -0.4 is 0 Å². The van der Waals surface area contributed by atoms with E-state index in [0.29, 0.717) is 11.4 Å². The molecular formula is C9H7ClO2S. The number of carboxylic acid groups (broad SMARTS) is 1. The molecule has 0 bridgehead atoms. The largest absolute Gasteiger partial charge is 0.480 e. The van der Waals surface area contributed by atoms with E-state index in [0.717, 1.165) is 10.5 Å². The van der Waals surface area contributed by atoms with Crippen LogP contribution >= 0.6 is 23.4 Å². The Bertz CT molecular complexity index is 365. The van der Waals surface area contributed by atoms with Crippen molar-refractivity contribution in [1.29, 1.82) is 0 Å². The van der Waals surface area contributed by atoms with Crippen molar-refractivity contribution in [2.45, 2.75) is 16.6 Å². The van der Waals surface area contributed by atoms with Gasteiger partial charge >= 0.3 is 5.97 Å². The molecule has 1 heterocycles. The molecule has 4 heteroatoms. The second-order valence-corrected chi connectivity index (χ2v) is 4.58.